The second kappa shape index (κ2) is 13.8. The molecule has 3 aromatic carbocycles. The molecule has 0 radical (unpaired) electrons. The van der Waals surface area contributed by atoms with Gasteiger partial charge in [-0.1, -0.05) is 72.8 Å². The maximum absolute atomic E-state index is 13.0. The van der Waals surface area contributed by atoms with E-state index in [1.54, 1.807) is 12.1 Å². The van der Waals surface area contributed by atoms with Gasteiger partial charge in [-0.05, 0) is 54.5 Å². The van der Waals surface area contributed by atoms with Gasteiger partial charge in [0.1, 0.15) is 5.75 Å². The van der Waals surface area contributed by atoms with Crippen molar-refractivity contribution in [3.63, 3.8) is 0 Å². The van der Waals surface area contributed by atoms with Gasteiger partial charge in [0.25, 0.3) is 0 Å². The molecule has 1 atom stereocenters. The highest BCUT2D eigenvalue weighted by Gasteiger charge is 2.18. The van der Waals surface area contributed by atoms with Crippen LogP contribution in [0.5, 0.6) is 5.75 Å². The topological polar surface area (TPSA) is 87.7 Å². The number of carboxylic acids is 1. The Kier molecular flexibility index (Phi) is 10.1. The minimum Gasteiger partial charge on any atom is -0.482 e. The van der Waals surface area contributed by atoms with Crippen molar-refractivity contribution in [2.24, 2.45) is 0 Å². The Morgan fingerprint density at radius 1 is 0.794 bits per heavy atom. The first kappa shape index (κ1) is 25.0. The number of rotatable bonds is 14. The highest BCUT2D eigenvalue weighted by Crippen LogP contribution is 2.14. The molecule has 6 heteroatoms. The number of aryl methyl sites for hydroxylation is 1. The Labute approximate surface area is 201 Å². The molecule has 0 aromatic heterocycles. The quantitative estimate of drug-likeness (QED) is 0.317. The number of hydrogen-bond acceptors (Lipinski definition) is 4. The number of benzene rings is 3. The molecule has 0 aliphatic carbocycles. The summed E-state index contributed by atoms with van der Waals surface area (Å²) in [6, 6.07) is 27.1. The van der Waals surface area contributed by atoms with E-state index < -0.39 is 5.97 Å². The zero-order valence-electron chi connectivity index (χ0n) is 19.3. The van der Waals surface area contributed by atoms with Gasteiger partial charge in [0.2, 0.25) is 5.91 Å². The third kappa shape index (κ3) is 9.08. The molecule has 34 heavy (non-hydrogen) atoms. The van der Waals surface area contributed by atoms with Crippen LogP contribution in [0.3, 0.4) is 0 Å². The van der Waals surface area contributed by atoms with Crippen molar-refractivity contribution in [2.45, 2.75) is 38.3 Å². The molecule has 6 nitrogen and oxygen atoms in total. The van der Waals surface area contributed by atoms with Crippen molar-refractivity contribution >= 4 is 11.9 Å². The van der Waals surface area contributed by atoms with Crippen molar-refractivity contribution in [1.82, 2.24) is 10.6 Å². The van der Waals surface area contributed by atoms with Crippen molar-refractivity contribution in [3.05, 3.63) is 102 Å². The van der Waals surface area contributed by atoms with Gasteiger partial charge in [-0.3, -0.25) is 4.79 Å². The van der Waals surface area contributed by atoms with E-state index in [1.807, 2.05) is 60.7 Å². The molecule has 0 spiro atoms. The average molecular weight is 461 g/mol. The number of amides is 1. The summed E-state index contributed by atoms with van der Waals surface area (Å²) in [7, 11) is 0. The Hall–Kier alpha value is -3.64. The highest BCUT2D eigenvalue weighted by atomic mass is 16.5. The molecular formula is C28H32N2O4. The van der Waals surface area contributed by atoms with Gasteiger partial charge in [-0.25, -0.2) is 4.79 Å². The second-order valence-corrected chi connectivity index (χ2v) is 8.18. The molecule has 3 aromatic rings. The summed E-state index contributed by atoms with van der Waals surface area (Å²) in [5, 5.41) is 15.2. The van der Waals surface area contributed by atoms with E-state index in [1.165, 1.54) is 5.56 Å². The number of carboxylic acid groups (broad SMARTS) is 1. The molecule has 1 amide bonds. The zero-order valence-corrected chi connectivity index (χ0v) is 19.3. The van der Waals surface area contributed by atoms with Crippen LogP contribution in [0.4, 0.5) is 0 Å². The van der Waals surface area contributed by atoms with Crippen molar-refractivity contribution in [2.75, 3.05) is 13.2 Å². The summed E-state index contributed by atoms with van der Waals surface area (Å²) < 4.78 is 5.19. The molecule has 178 valence electrons. The largest absolute Gasteiger partial charge is 0.482 e. The zero-order chi connectivity index (χ0) is 24.0. The molecule has 0 fully saturated rings. The van der Waals surface area contributed by atoms with Crippen LogP contribution in [0, 0.1) is 0 Å². The van der Waals surface area contributed by atoms with Gasteiger partial charge < -0.3 is 20.5 Å². The molecule has 0 saturated heterocycles. The Bertz CT molecular complexity index is 1010. The average Bonchev–Trinajstić information content (AvgIpc) is 2.87. The third-order valence-corrected chi connectivity index (χ3v) is 5.47. The van der Waals surface area contributed by atoms with Gasteiger partial charge in [-0.15, -0.1) is 0 Å². The standard InChI is InChI=1S/C28H32N2O4/c31-27(32)21-34-25-16-14-23(15-17-25)19-26(30-20-24-12-5-2-6-13-24)28(33)29-18-8-7-11-22-9-3-1-4-10-22/h1-6,9-10,12-17,26,30H,7-8,11,18-21H2,(H,29,33)(H,31,32)/t26-/m0/s1. The van der Waals surface area contributed by atoms with Crippen LogP contribution in [0.1, 0.15) is 29.5 Å². The summed E-state index contributed by atoms with van der Waals surface area (Å²) in [5.41, 5.74) is 3.39. The van der Waals surface area contributed by atoms with Gasteiger partial charge in [0.05, 0.1) is 6.04 Å². The van der Waals surface area contributed by atoms with Gasteiger partial charge >= 0.3 is 5.97 Å². The first-order valence-corrected chi connectivity index (χ1v) is 11.6. The number of nitrogens with one attached hydrogen (secondary N) is 2. The van der Waals surface area contributed by atoms with Crippen LogP contribution in [-0.4, -0.2) is 36.2 Å². The predicted octanol–water partition coefficient (Wildman–Crippen LogP) is 3.99. The first-order chi connectivity index (χ1) is 16.6. The van der Waals surface area contributed by atoms with Crippen LogP contribution in [0.25, 0.3) is 0 Å². The van der Waals surface area contributed by atoms with Crippen LogP contribution in [-0.2, 0) is 29.0 Å². The lowest BCUT2D eigenvalue weighted by Gasteiger charge is -2.19. The number of carbonyl (C=O) groups excluding carboxylic acids is 1. The van der Waals surface area contributed by atoms with Gasteiger partial charge in [-0.2, -0.15) is 0 Å². The molecule has 0 heterocycles. The van der Waals surface area contributed by atoms with E-state index in [4.69, 9.17) is 9.84 Å². The van der Waals surface area contributed by atoms with Gasteiger partial charge in [0, 0.05) is 13.1 Å². The van der Waals surface area contributed by atoms with Crippen molar-refractivity contribution < 1.29 is 19.4 Å². The number of hydrogen-bond donors (Lipinski definition) is 3. The fraction of sp³-hybridized carbons (Fsp3) is 0.286. The van der Waals surface area contributed by atoms with Crippen molar-refractivity contribution in [1.29, 1.82) is 0 Å². The minimum absolute atomic E-state index is 0.0261. The molecule has 3 rings (SSSR count). The summed E-state index contributed by atoms with van der Waals surface area (Å²) >= 11 is 0. The smallest absolute Gasteiger partial charge is 0.341 e. The Morgan fingerprint density at radius 3 is 2.09 bits per heavy atom. The monoisotopic (exact) mass is 460 g/mol. The number of ether oxygens (including phenoxy) is 1. The van der Waals surface area contributed by atoms with Crippen LogP contribution < -0.4 is 15.4 Å². The normalized spacial score (nSPS) is 11.5. The summed E-state index contributed by atoms with van der Waals surface area (Å²) in [5.74, 6) is -0.556. The Balaban J connectivity index is 1.52. The number of unbranched alkanes of at least 4 members (excludes halogenated alkanes) is 1. The fourth-order valence-corrected chi connectivity index (χ4v) is 3.63. The lowest BCUT2D eigenvalue weighted by atomic mass is 10.0. The maximum Gasteiger partial charge on any atom is 0.341 e. The lowest BCUT2D eigenvalue weighted by Crippen LogP contribution is -2.45. The van der Waals surface area contributed by atoms with E-state index >= 15 is 0 Å². The highest BCUT2D eigenvalue weighted by molar-refractivity contribution is 5.82. The van der Waals surface area contributed by atoms with E-state index in [0.717, 1.165) is 30.4 Å². The molecule has 0 unspecified atom stereocenters. The molecule has 0 saturated carbocycles. The molecular weight excluding hydrogens is 428 g/mol. The van der Waals surface area contributed by atoms with E-state index in [-0.39, 0.29) is 18.6 Å². The van der Waals surface area contributed by atoms with Crippen LogP contribution in [0.15, 0.2) is 84.9 Å². The van der Waals surface area contributed by atoms with Crippen LogP contribution in [0.2, 0.25) is 0 Å². The summed E-state index contributed by atoms with van der Waals surface area (Å²) in [6.07, 6.45) is 3.45. The van der Waals surface area contributed by atoms with E-state index in [9.17, 15) is 9.59 Å². The van der Waals surface area contributed by atoms with Crippen LogP contribution >= 0.6 is 0 Å². The fourth-order valence-electron chi connectivity index (χ4n) is 3.63. The molecule has 3 N–H and O–H groups in total. The second-order valence-electron chi connectivity index (χ2n) is 8.18. The number of aliphatic carboxylic acids is 1. The van der Waals surface area contributed by atoms with Crippen molar-refractivity contribution in [3.8, 4) is 5.75 Å². The van der Waals surface area contributed by atoms with E-state index in [0.29, 0.717) is 25.3 Å². The van der Waals surface area contributed by atoms with Gasteiger partial charge in [0.15, 0.2) is 6.61 Å². The molecule has 0 bridgehead atoms. The lowest BCUT2D eigenvalue weighted by molar-refractivity contribution is -0.139. The molecule has 0 aliphatic rings. The minimum atomic E-state index is -1.02. The van der Waals surface area contributed by atoms with E-state index in [2.05, 4.69) is 22.8 Å². The SMILES string of the molecule is O=C(O)COc1ccc(C[C@H](NCc2ccccc2)C(=O)NCCCCc2ccccc2)cc1. The Morgan fingerprint density at radius 2 is 1.44 bits per heavy atom. The molecule has 0 aliphatic heterocycles. The third-order valence-electron chi connectivity index (χ3n) is 5.47. The predicted molar refractivity (Wildman–Crippen MR) is 133 cm³/mol. The number of carbonyl (C=O) groups is 2. The summed E-state index contributed by atoms with van der Waals surface area (Å²) in [4.78, 5) is 23.7. The summed E-state index contributed by atoms with van der Waals surface area (Å²) in [6.45, 7) is 0.844. The maximum atomic E-state index is 13.0. The first-order valence-electron chi connectivity index (χ1n) is 11.6.